The van der Waals surface area contributed by atoms with E-state index in [2.05, 4.69) is 25.2 Å². The fraction of sp³-hybridized carbons (Fsp3) is 0.714. The van der Waals surface area contributed by atoms with Crippen LogP contribution in [0.25, 0.3) is 0 Å². The van der Waals surface area contributed by atoms with Crippen molar-refractivity contribution in [3.63, 3.8) is 0 Å². The van der Waals surface area contributed by atoms with Crippen LogP contribution >= 0.6 is 0 Å². The summed E-state index contributed by atoms with van der Waals surface area (Å²) < 4.78 is 0. The van der Waals surface area contributed by atoms with Gasteiger partial charge < -0.3 is 5.32 Å². The first-order chi connectivity index (χ1) is 3.85. The Morgan fingerprint density at radius 2 is 2.25 bits per heavy atom. The van der Waals surface area contributed by atoms with E-state index in [-0.39, 0.29) is 0 Å². The van der Waals surface area contributed by atoms with E-state index in [1.807, 2.05) is 7.05 Å². The second kappa shape index (κ2) is 4.69. The highest BCUT2D eigenvalue weighted by molar-refractivity contribution is 4.95. The van der Waals surface area contributed by atoms with E-state index < -0.39 is 0 Å². The summed E-state index contributed by atoms with van der Waals surface area (Å²) >= 11 is 0. The van der Waals surface area contributed by atoms with Gasteiger partial charge in [0.25, 0.3) is 0 Å². The van der Waals surface area contributed by atoms with Crippen molar-refractivity contribution in [3.8, 4) is 0 Å². The molecule has 0 atom stereocenters. The van der Waals surface area contributed by atoms with Gasteiger partial charge in [-0.2, -0.15) is 0 Å². The molecule has 0 aliphatic heterocycles. The monoisotopic (exact) mass is 113 g/mol. The molecule has 0 amide bonds. The van der Waals surface area contributed by atoms with Crippen molar-refractivity contribution in [2.75, 3.05) is 7.05 Å². The third-order valence-corrected chi connectivity index (χ3v) is 1.19. The third-order valence-electron chi connectivity index (χ3n) is 1.19. The van der Waals surface area contributed by atoms with E-state index in [4.69, 9.17) is 0 Å². The summed E-state index contributed by atoms with van der Waals surface area (Å²) in [4.78, 5) is 0. The molecule has 0 rings (SSSR count). The molecule has 0 saturated carbocycles. The molecule has 1 heteroatoms. The predicted molar refractivity (Wildman–Crippen MR) is 37.7 cm³/mol. The fourth-order valence-electron chi connectivity index (χ4n) is 0.683. The molecule has 0 aliphatic carbocycles. The van der Waals surface area contributed by atoms with Crippen LogP contribution in [0.1, 0.15) is 26.7 Å². The third kappa shape index (κ3) is 2.67. The summed E-state index contributed by atoms with van der Waals surface area (Å²) in [6, 6.07) is 0. The quantitative estimate of drug-likeness (QED) is 0.589. The first kappa shape index (κ1) is 7.54. The average molecular weight is 113 g/mol. The van der Waals surface area contributed by atoms with Crippen molar-refractivity contribution in [2.24, 2.45) is 0 Å². The lowest BCUT2D eigenvalue weighted by Crippen LogP contribution is -2.04. The van der Waals surface area contributed by atoms with E-state index in [0.717, 1.165) is 0 Å². The highest BCUT2D eigenvalue weighted by Crippen LogP contribution is 1.97. The zero-order valence-electron chi connectivity index (χ0n) is 5.99. The summed E-state index contributed by atoms with van der Waals surface area (Å²) in [5.74, 6) is 0. The van der Waals surface area contributed by atoms with E-state index in [1.54, 1.807) is 0 Å². The molecule has 0 bridgehead atoms. The second-order valence-corrected chi connectivity index (χ2v) is 1.81. The Morgan fingerprint density at radius 3 is 2.38 bits per heavy atom. The van der Waals surface area contributed by atoms with Crippen LogP contribution in [0.15, 0.2) is 11.8 Å². The van der Waals surface area contributed by atoms with Crippen LogP contribution in [-0.2, 0) is 0 Å². The van der Waals surface area contributed by atoms with Crippen LogP contribution in [0.2, 0.25) is 0 Å². The minimum absolute atomic E-state index is 1.17. The number of allylic oxidation sites excluding steroid dienone is 2. The molecule has 0 aliphatic rings. The predicted octanol–water partition coefficient (Wildman–Crippen LogP) is 1.91. The van der Waals surface area contributed by atoms with E-state index in [1.165, 1.54) is 18.5 Å². The summed E-state index contributed by atoms with van der Waals surface area (Å²) in [6.07, 6.45) is 4.51. The minimum atomic E-state index is 1.17. The van der Waals surface area contributed by atoms with Gasteiger partial charge in [0.15, 0.2) is 0 Å². The highest BCUT2D eigenvalue weighted by Gasteiger charge is 1.85. The standard InChI is InChI=1S/C7H15N/c1-4-6-7(5-2)8-3/h5,8H,4,6H2,1-3H3/b7-5+. The summed E-state index contributed by atoms with van der Waals surface area (Å²) in [6.45, 7) is 4.24. The molecule has 0 aromatic rings. The van der Waals surface area contributed by atoms with Gasteiger partial charge in [-0.05, 0) is 13.3 Å². The average Bonchev–Trinajstić information content (AvgIpc) is 1.83. The Hall–Kier alpha value is -0.460. The molecule has 0 unspecified atom stereocenters. The van der Waals surface area contributed by atoms with Gasteiger partial charge in [0.05, 0.1) is 0 Å². The molecule has 48 valence electrons. The van der Waals surface area contributed by atoms with Crippen LogP contribution in [0, 0.1) is 0 Å². The molecule has 0 heterocycles. The van der Waals surface area contributed by atoms with Crippen molar-refractivity contribution in [1.82, 2.24) is 5.32 Å². The van der Waals surface area contributed by atoms with Gasteiger partial charge in [0, 0.05) is 12.7 Å². The van der Waals surface area contributed by atoms with E-state index in [0.29, 0.717) is 0 Å². The van der Waals surface area contributed by atoms with E-state index in [9.17, 15) is 0 Å². The molecule has 0 fully saturated rings. The van der Waals surface area contributed by atoms with E-state index >= 15 is 0 Å². The first-order valence-corrected chi connectivity index (χ1v) is 3.18. The van der Waals surface area contributed by atoms with Crippen LogP contribution < -0.4 is 5.32 Å². The fourth-order valence-corrected chi connectivity index (χ4v) is 0.683. The Balaban J connectivity index is 3.38. The van der Waals surface area contributed by atoms with Crippen molar-refractivity contribution in [2.45, 2.75) is 26.7 Å². The zero-order chi connectivity index (χ0) is 6.41. The van der Waals surface area contributed by atoms with Crippen LogP contribution in [0.5, 0.6) is 0 Å². The molecule has 0 spiro atoms. The lowest BCUT2D eigenvalue weighted by atomic mass is 10.2. The van der Waals surface area contributed by atoms with Gasteiger partial charge in [0.2, 0.25) is 0 Å². The number of hydrogen-bond donors (Lipinski definition) is 1. The van der Waals surface area contributed by atoms with Gasteiger partial charge in [-0.1, -0.05) is 19.4 Å². The highest BCUT2D eigenvalue weighted by atomic mass is 14.8. The SMILES string of the molecule is C/C=C(\CCC)NC. The molecule has 0 saturated heterocycles. The van der Waals surface area contributed by atoms with Crippen LogP contribution in [0.3, 0.4) is 0 Å². The number of hydrogen-bond acceptors (Lipinski definition) is 1. The van der Waals surface area contributed by atoms with Gasteiger partial charge in [-0.3, -0.25) is 0 Å². The van der Waals surface area contributed by atoms with Crippen LogP contribution in [0.4, 0.5) is 0 Å². The van der Waals surface area contributed by atoms with Crippen molar-refractivity contribution in [1.29, 1.82) is 0 Å². The van der Waals surface area contributed by atoms with Crippen molar-refractivity contribution in [3.05, 3.63) is 11.8 Å². The normalized spacial score (nSPS) is 11.6. The first-order valence-electron chi connectivity index (χ1n) is 3.18. The Labute approximate surface area is 51.8 Å². The van der Waals surface area contributed by atoms with Gasteiger partial charge in [-0.25, -0.2) is 0 Å². The molecular weight excluding hydrogens is 98.1 g/mol. The topological polar surface area (TPSA) is 12.0 Å². The lowest BCUT2D eigenvalue weighted by molar-refractivity contribution is 0.813. The number of nitrogens with one attached hydrogen (secondary N) is 1. The Kier molecular flexibility index (Phi) is 4.42. The van der Waals surface area contributed by atoms with Crippen molar-refractivity contribution < 1.29 is 0 Å². The minimum Gasteiger partial charge on any atom is -0.392 e. The molecule has 1 N–H and O–H groups in total. The molecule has 1 nitrogen and oxygen atoms in total. The lowest BCUT2D eigenvalue weighted by Gasteiger charge is -2.01. The smallest absolute Gasteiger partial charge is 0.00606 e. The molecule has 0 radical (unpaired) electrons. The maximum absolute atomic E-state index is 3.11. The summed E-state index contributed by atoms with van der Waals surface area (Å²) in [5.41, 5.74) is 1.34. The largest absolute Gasteiger partial charge is 0.392 e. The summed E-state index contributed by atoms with van der Waals surface area (Å²) in [5, 5.41) is 3.11. The van der Waals surface area contributed by atoms with Gasteiger partial charge >= 0.3 is 0 Å². The maximum Gasteiger partial charge on any atom is 0.00606 e. The molecule has 0 aromatic carbocycles. The van der Waals surface area contributed by atoms with Crippen molar-refractivity contribution >= 4 is 0 Å². The van der Waals surface area contributed by atoms with Gasteiger partial charge in [0.1, 0.15) is 0 Å². The molecule has 8 heavy (non-hydrogen) atoms. The second-order valence-electron chi connectivity index (χ2n) is 1.81. The Morgan fingerprint density at radius 1 is 1.62 bits per heavy atom. The zero-order valence-corrected chi connectivity index (χ0v) is 5.99. The summed E-state index contributed by atoms with van der Waals surface area (Å²) in [7, 11) is 1.96. The number of rotatable bonds is 3. The van der Waals surface area contributed by atoms with Crippen LogP contribution in [-0.4, -0.2) is 7.05 Å². The molecule has 0 aromatic heterocycles. The van der Waals surface area contributed by atoms with Gasteiger partial charge in [-0.15, -0.1) is 0 Å². The maximum atomic E-state index is 3.11. The Bertz CT molecular complexity index is 74.5. The molecular formula is C7H15N.